The summed E-state index contributed by atoms with van der Waals surface area (Å²) in [5.41, 5.74) is 9.60. The molecule has 0 aliphatic carbocycles. The summed E-state index contributed by atoms with van der Waals surface area (Å²) in [6, 6.07) is 26.9. The van der Waals surface area contributed by atoms with E-state index < -0.39 is 0 Å². The Bertz CT molecular complexity index is 1560. The Morgan fingerprint density at radius 1 is 0.641 bits per heavy atom. The summed E-state index contributed by atoms with van der Waals surface area (Å²) in [4.78, 5) is 13.1. The zero-order chi connectivity index (χ0) is 26.0. The van der Waals surface area contributed by atoms with E-state index in [2.05, 4.69) is 92.6 Å². The summed E-state index contributed by atoms with van der Waals surface area (Å²) >= 11 is 0. The SMILES string of the molecule is c1cc(-c2ccc(CN3CCOCC3)cc2)c2c(n1)[nH]c1ccc(-c3ccc(CN4CCOCC4)cc3)cc12. The molecule has 6 heteroatoms. The Morgan fingerprint density at radius 3 is 1.82 bits per heavy atom. The Morgan fingerprint density at radius 2 is 1.21 bits per heavy atom. The van der Waals surface area contributed by atoms with Gasteiger partial charge in [0.1, 0.15) is 5.65 Å². The van der Waals surface area contributed by atoms with Gasteiger partial charge in [-0.3, -0.25) is 9.80 Å². The number of hydrogen-bond donors (Lipinski definition) is 1. The molecule has 0 saturated carbocycles. The third kappa shape index (κ3) is 5.21. The number of pyridine rings is 1. The number of hydrogen-bond acceptors (Lipinski definition) is 5. The zero-order valence-corrected chi connectivity index (χ0v) is 22.2. The predicted octanol–water partition coefficient (Wildman–Crippen LogP) is 5.71. The molecule has 2 fully saturated rings. The summed E-state index contributed by atoms with van der Waals surface area (Å²) in [5, 5.41) is 2.39. The first-order valence-electron chi connectivity index (χ1n) is 14.0. The number of rotatable bonds is 6. The molecule has 0 spiro atoms. The van der Waals surface area contributed by atoms with E-state index in [1.807, 2.05) is 6.20 Å². The van der Waals surface area contributed by atoms with Crippen molar-refractivity contribution in [2.45, 2.75) is 13.1 Å². The number of nitrogens with one attached hydrogen (secondary N) is 1. The summed E-state index contributed by atoms with van der Waals surface area (Å²) < 4.78 is 11.0. The maximum Gasteiger partial charge on any atom is 0.138 e. The quantitative estimate of drug-likeness (QED) is 0.312. The molecule has 39 heavy (non-hydrogen) atoms. The monoisotopic (exact) mass is 518 g/mol. The van der Waals surface area contributed by atoms with Crippen molar-refractivity contribution in [3.63, 3.8) is 0 Å². The second-order valence-electron chi connectivity index (χ2n) is 10.6. The van der Waals surface area contributed by atoms with Crippen LogP contribution in [0.3, 0.4) is 0 Å². The number of nitrogens with zero attached hydrogens (tertiary/aromatic N) is 3. The molecule has 1 N–H and O–H groups in total. The van der Waals surface area contributed by atoms with Crippen LogP contribution in [-0.4, -0.2) is 72.4 Å². The van der Waals surface area contributed by atoms with Crippen molar-refractivity contribution < 1.29 is 9.47 Å². The van der Waals surface area contributed by atoms with E-state index in [1.165, 1.54) is 44.2 Å². The number of ether oxygens (including phenoxy) is 2. The maximum atomic E-state index is 5.50. The molecule has 7 rings (SSSR count). The Balaban J connectivity index is 1.18. The van der Waals surface area contributed by atoms with Gasteiger partial charge in [-0.15, -0.1) is 0 Å². The van der Waals surface area contributed by atoms with E-state index in [9.17, 15) is 0 Å². The first kappa shape index (κ1) is 24.5. The van der Waals surface area contributed by atoms with Crippen LogP contribution in [0.5, 0.6) is 0 Å². The Kier molecular flexibility index (Phi) is 6.85. The highest BCUT2D eigenvalue weighted by Crippen LogP contribution is 2.36. The largest absolute Gasteiger partial charge is 0.379 e. The van der Waals surface area contributed by atoms with Gasteiger partial charge in [-0.2, -0.15) is 0 Å². The van der Waals surface area contributed by atoms with E-state index in [1.54, 1.807) is 0 Å². The number of aromatic amines is 1. The van der Waals surface area contributed by atoms with Crippen molar-refractivity contribution in [2.75, 3.05) is 52.6 Å². The molecule has 2 saturated heterocycles. The summed E-state index contributed by atoms with van der Waals surface area (Å²) in [5.74, 6) is 0. The first-order chi connectivity index (χ1) is 19.3. The minimum atomic E-state index is 0.828. The topological polar surface area (TPSA) is 53.6 Å². The number of fused-ring (bicyclic) bond motifs is 3. The van der Waals surface area contributed by atoms with Crippen LogP contribution in [0, 0.1) is 0 Å². The molecule has 2 aliphatic heterocycles. The van der Waals surface area contributed by atoms with E-state index in [4.69, 9.17) is 9.47 Å². The van der Waals surface area contributed by atoms with E-state index in [0.29, 0.717) is 0 Å². The smallest absolute Gasteiger partial charge is 0.138 e. The molecule has 0 atom stereocenters. The van der Waals surface area contributed by atoms with Crippen LogP contribution in [0.2, 0.25) is 0 Å². The lowest BCUT2D eigenvalue weighted by Gasteiger charge is -2.26. The van der Waals surface area contributed by atoms with Gasteiger partial charge in [-0.1, -0.05) is 54.6 Å². The van der Waals surface area contributed by atoms with Crippen LogP contribution in [0.4, 0.5) is 0 Å². The van der Waals surface area contributed by atoms with Crippen molar-refractivity contribution in [3.8, 4) is 22.3 Å². The van der Waals surface area contributed by atoms with Crippen LogP contribution in [0.1, 0.15) is 11.1 Å². The molecule has 0 bridgehead atoms. The predicted molar refractivity (Wildman–Crippen MR) is 157 cm³/mol. The Hall–Kier alpha value is -3.55. The fraction of sp³-hybridized carbons (Fsp3) is 0.303. The number of benzene rings is 3. The van der Waals surface area contributed by atoms with Gasteiger partial charge in [0.05, 0.1) is 26.4 Å². The molecule has 198 valence electrons. The van der Waals surface area contributed by atoms with Gasteiger partial charge >= 0.3 is 0 Å². The molecule has 0 radical (unpaired) electrons. The van der Waals surface area contributed by atoms with Crippen LogP contribution in [0.25, 0.3) is 44.2 Å². The standard InChI is InChI=1S/C33H34N4O2/c1-5-26(6-2-24(1)22-36-13-17-38-18-14-36)28-9-10-31-30(21-28)32-29(11-12-34-33(32)35-31)27-7-3-25(4-8-27)23-37-15-19-39-20-16-37/h1-12,21H,13-20,22-23H2,(H,34,35). The Labute approximate surface area is 229 Å². The number of aromatic nitrogens is 2. The molecular formula is C33H34N4O2. The van der Waals surface area contributed by atoms with Crippen molar-refractivity contribution in [3.05, 3.63) is 90.1 Å². The lowest BCUT2D eigenvalue weighted by molar-refractivity contribution is 0.0341. The minimum absolute atomic E-state index is 0.828. The summed E-state index contributed by atoms with van der Waals surface area (Å²) in [6.45, 7) is 9.28. The third-order valence-electron chi connectivity index (χ3n) is 8.06. The van der Waals surface area contributed by atoms with E-state index >= 15 is 0 Å². The van der Waals surface area contributed by atoms with Crippen molar-refractivity contribution in [1.82, 2.24) is 19.8 Å². The second-order valence-corrected chi connectivity index (χ2v) is 10.6. The van der Waals surface area contributed by atoms with Crippen molar-refractivity contribution in [1.29, 1.82) is 0 Å². The van der Waals surface area contributed by atoms with Crippen LogP contribution in [0.15, 0.2) is 79.0 Å². The molecule has 2 aromatic heterocycles. The average molecular weight is 519 g/mol. The summed E-state index contributed by atoms with van der Waals surface area (Å²) in [7, 11) is 0. The average Bonchev–Trinajstić information content (AvgIpc) is 3.37. The maximum absolute atomic E-state index is 5.50. The highest BCUT2D eigenvalue weighted by atomic mass is 16.5. The molecule has 6 nitrogen and oxygen atoms in total. The van der Waals surface area contributed by atoms with Gasteiger partial charge in [0.2, 0.25) is 0 Å². The molecule has 2 aliphatic rings. The fourth-order valence-corrected chi connectivity index (χ4v) is 5.86. The normalized spacial score (nSPS) is 17.2. The van der Waals surface area contributed by atoms with Gasteiger partial charge in [0.25, 0.3) is 0 Å². The van der Waals surface area contributed by atoms with Gasteiger partial charge in [-0.05, 0) is 51.6 Å². The lowest BCUT2D eigenvalue weighted by atomic mass is 9.97. The summed E-state index contributed by atoms with van der Waals surface area (Å²) in [6.07, 6.45) is 1.91. The minimum Gasteiger partial charge on any atom is -0.379 e. The molecule has 0 unspecified atom stereocenters. The lowest BCUT2D eigenvalue weighted by Crippen LogP contribution is -2.35. The van der Waals surface area contributed by atoms with Gasteiger partial charge in [0, 0.05) is 61.8 Å². The third-order valence-corrected chi connectivity index (χ3v) is 8.06. The van der Waals surface area contributed by atoms with Gasteiger partial charge in [0.15, 0.2) is 0 Å². The van der Waals surface area contributed by atoms with E-state index in [0.717, 1.165) is 76.9 Å². The van der Waals surface area contributed by atoms with Crippen LogP contribution < -0.4 is 0 Å². The van der Waals surface area contributed by atoms with Gasteiger partial charge in [-0.25, -0.2) is 4.98 Å². The molecule has 0 amide bonds. The highest BCUT2D eigenvalue weighted by Gasteiger charge is 2.15. The van der Waals surface area contributed by atoms with Gasteiger partial charge < -0.3 is 14.5 Å². The zero-order valence-electron chi connectivity index (χ0n) is 22.2. The number of morpholine rings is 2. The molecular weight excluding hydrogens is 484 g/mol. The second kappa shape index (κ2) is 10.9. The van der Waals surface area contributed by atoms with Crippen molar-refractivity contribution in [2.24, 2.45) is 0 Å². The molecule has 5 aromatic rings. The molecule has 3 aromatic carbocycles. The number of H-pyrrole nitrogens is 1. The van der Waals surface area contributed by atoms with E-state index in [-0.39, 0.29) is 0 Å². The van der Waals surface area contributed by atoms with Crippen LogP contribution in [-0.2, 0) is 22.6 Å². The molecule has 4 heterocycles. The van der Waals surface area contributed by atoms with Crippen LogP contribution >= 0.6 is 0 Å². The first-order valence-corrected chi connectivity index (χ1v) is 14.0. The fourth-order valence-electron chi connectivity index (χ4n) is 5.86. The van der Waals surface area contributed by atoms with Crippen molar-refractivity contribution >= 4 is 21.9 Å². The highest BCUT2D eigenvalue weighted by molar-refractivity contribution is 6.13.